The second-order valence-corrected chi connectivity index (χ2v) is 7.32. The van der Waals surface area contributed by atoms with Crippen LogP contribution in [-0.4, -0.2) is 41.4 Å². The van der Waals surface area contributed by atoms with Crippen LogP contribution in [0.2, 0.25) is 0 Å². The molecule has 5 heteroatoms. The van der Waals surface area contributed by atoms with Gasteiger partial charge >= 0.3 is 0 Å². The maximum absolute atomic E-state index is 13.1. The van der Waals surface area contributed by atoms with E-state index in [9.17, 15) is 14.6 Å². The quantitative estimate of drug-likeness (QED) is 0.884. The van der Waals surface area contributed by atoms with E-state index in [0.29, 0.717) is 39.1 Å². The summed E-state index contributed by atoms with van der Waals surface area (Å²) in [5, 5.41) is 21.5. The Labute approximate surface area is 152 Å². The van der Waals surface area contributed by atoms with E-state index in [1.54, 1.807) is 12.1 Å². The number of aliphatic hydroxyl groups excluding tert-OH is 1. The van der Waals surface area contributed by atoms with Crippen molar-refractivity contribution in [3.8, 4) is 5.75 Å². The van der Waals surface area contributed by atoms with Crippen molar-refractivity contribution in [2.75, 3.05) is 26.2 Å². The third kappa shape index (κ3) is 3.47. The highest BCUT2D eigenvalue weighted by Gasteiger charge is 2.34. The Morgan fingerprint density at radius 3 is 2.58 bits per heavy atom. The lowest BCUT2D eigenvalue weighted by Gasteiger charge is -2.39. The molecule has 2 aliphatic rings. The molecule has 0 aliphatic carbocycles. The SMILES string of the molecule is O[C@H](CN1CCC(O)(c2ccc(F)cc2)CC1)c1ccc2c(c1)CCO2. The van der Waals surface area contributed by atoms with Gasteiger partial charge in [0.25, 0.3) is 0 Å². The van der Waals surface area contributed by atoms with Crippen molar-refractivity contribution in [1.82, 2.24) is 4.90 Å². The van der Waals surface area contributed by atoms with Gasteiger partial charge in [-0.05, 0) is 53.8 Å². The summed E-state index contributed by atoms with van der Waals surface area (Å²) in [5.41, 5.74) is 1.91. The van der Waals surface area contributed by atoms with E-state index in [1.165, 1.54) is 12.1 Å². The second kappa shape index (κ2) is 6.99. The van der Waals surface area contributed by atoms with Gasteiger partial charge in [-0.1, -0.05) is 18.2 Å². The number of piperidine rings is 1. The molecule has 0 bridgehead atoms. The highest BCUT2D eigenvalue weighted by Crippen LogP contribution is 2.34. The lowest BCUT2D eigenvalue weighted by atomic mass is 9.84. The molecule has 0 spiro atoms. The van der Waals surface area contributed by atoms with Crippen LogP contribution >= 0.6 is 0 Å². The summed E-state index contributed by atoms with van der Waals surface area (Å²) < 4.78 is 18.6. The van der Waals surface area contributed by atoms with Gasteiger partial charge in [0.05, 0.1) is 18.3 Å². The zero-order valence-electron chi connectivity index (χ0n) is 14.7. The van der Waals surface area contributed by atoms with Crippen molar-refractivity contribution >= 4 is 0 Å². The summed E-state index contributed by atoms with van der Waals surface area (Å²) in [6.07, 6.45) is 1.48. The van der Waals surface area contributed by atoms with Crippen molar-refractivity contribution in [3.05, 3.63) is 65.0 Å². The number of hydrogen-bond donors (Lipinski definition) is 2. The predicted octanol–water partition coefficient (Wildman–Crippen LogP) is 2.78. The van der Waals surface area contributed by atoms with Crippen molar-refractivity contribution < 1.29 is 19.3 Å². The number of β-amino-alcohol motifs (C(OH)–C–C–N with tert-alkyl or cyclic N) is 1. The van der Waals surface area contributed by atoms with Crippen LogP contribution in [-0.2, 0) is 12.0 Å². The van der Waals surface area contributed by atoms with E-state index < -0.39 is 11.7 Å². The van der Waals surface area contributed by atoms with Gasteiger partial charge in [-0.2, -0.15) is 0 Å². The van der Waals surface area contributed by atoms with Crippen molar-refractivity contribution in [3.63, 3.8) is 0 Å². The molecule has 4 nitrogen and oxygen atoms in total. The molecule has 0 unspecified atom stereocenters. The monoisotopic (exact) mass is 357 g/mol. The van der Waals surface area contributed by atoms with Gasteiger partial charge in [0.15, 0.2) is 0 Å². The molecule has 0 saturated carbocycles. The molecule has 2 heterocycles. The number of benzene rings is 2. The fraction of sp³-hybridized carbons (Fsp3) is 0.429. The van der Waals surface area contributed by atoms with Crippen LogP contribution in [0, 0.1) is 5.82 Å². The summed E-state index contributed by atoms with van der Waals surface area (Å²) in [4.78, 5) is 2.17. The number of likely N-dealkylation sites (tertiary alicyclic amines) is 1. The van der Waals surface area contributed by atoms with Crippen LogP contribution < -0.4 is 4.74 Å². The lowest BCUT2D eigenvalue weighted by Crippen LogP contribution is -2.43. The van der Waals surface area contributed by atoms with E-state index in [-0.39, 0.29) is 5.82 Å². The zero-order chi connectivity index (χ0) is 18.1. The van der Waals surface area contributed by atoms with Crippen LogP contribution in [0.4, 0.5) is 4.39 Å². The Bertz CT molecular complexity index is 769. The number of aliphatic hydroxyl groups is 2. The first-order valence-electron chi connectivity index (χ1n) is 9.18. The van der Waals surface area contributed by atoms with Crippen molar-refractivity contribution in [2.45, 2.75) is 31.0 Å². The molecule has 1 saturated heterocycles. The Morgan fingerprint density at radius 2 is 1.85 bits per heavy atom. The van der Waals surface area contributed by atoms with Gasteiger partial charge in [-0.25, -0.2) is 4.39 Å². The lowest BCUT2D eigenvalue weighted by molar-refractivity contribution is -0.0345. The van der Waals surface area contributed by atoms with Crippen molar-refractivity contribution in [2.24, 2.45) is 0 Å². The highest BCUT2D eigenvalue weighted by atomic mass is 19.1. The fourth-order valence-electron chi connectivity index (χ4n) is 3.92. The largest absolute Gasteiger partial charge is 0.493 e. The number of rotatable bonds is 4. The average molecular weight is 357 g/mol. The number of ether oxygens (including phenoxy) is 1. The highest BCUT2D eigenvalue weighted by molar-refractivity contribution is 5.40. The maximum atomic E-state index is 13.1. The minimum atomic E-state index is -0.917. The molecular weight excluding hydrogens is 333 g/mol. The molecule has 138 valence electrons. The summed E-state index contributed by atoms with van der Waals surface area (Å²) in [5.74, 6) is 0.626. The minimum absolute atomic E-state index is 0.294. The van der Waals surface area contributed by atoms with Gasteiger partial charge in [0.2, 0.25) is 0 Å². The Hall–Kier alpha value is -1.95. The molecule has 4 rings (SSSR count). The number of fused-ring (bicyclic) bond motifs is 1. The number of halogens is 1. The van der Waals surface area contributed by atoms with E-state index in [2.05, 4.69) is 4.90 Å². The standard InChI is InChI=1S/C21H24FNO3/c22-18-4-2-17(3-5-18)21(25)8-10-23(11-9-21)14-19(24)15-1-6-20-16(13-15)7-12-26-20/h1-6,13,19,24-25H,7-12,14H2/t19-/m1/s1. The van der Waals surface area contributed by atoms with Crippen LogP contribution in [0.15, 0.2) is 42.5 Å². The van der Waals surface area contributed by atoms with Crippen LogP contribution in [0.1, 0.15) is 35.6 Å². The summed E-state index contributed by atoms with van der Waals surface area (Å²) in [6.45, 7) is 2.64. The molecule has 2 aromatic rings. The maximum Gasteiger partial charge on any atom is 0.123 e. The second-order valence-electron chi connectivity index (χ2n) is 7.32. The van der Waals surface area contributed by atoms with E-state index in [0.717, 1.165) is 28.9 Å². The molecule has 0 amide bonds. The normalized spacial score (nSPS) is 20.4. The van der Waals surface area contributed by atoms with Gasteiger partial charge in [-0.3, -0.25) is 0 Å². The average Bonchev–Trinajstić information content (AvgIpc) is 3.12. The third-order valence-corrected chi connectivity index (χ3v) is 5.59. The third-order valence-electron chi connectivity index (χ3n) is 5.59. The first kappa shape index (κ1) is 17.5. The van der Waals surface area contributed by atoms with Crippen molar-refractivity contribution in [1.29, 1.82) is 0 Å². The Morgan fingerprint density at radius 1 is 1.12 bits per heavy atom. The molecule has 1 atom stereocenters. The predicted molar refractivity (Wildman–Crippen MR) is 96.6 cm³/mol. The fourth-order valence-corrected chi connectivity index (χ4v) is 3.92. The van der Waals surface area contributed by atoms with Gasteiger partial charge < -0.3 is 19.8 Å². The number of hydrogen-bond acceptors (Lipinski definition) is 4. The molecular formula is C21H24FNO3. The Balaban J connectivity index is 1.37. The van der Waals surface area contributed by atoms with Gasteiger partial charge in [0.1, 0.15) is 11.6 Å². The summed E-state index contributed by atoms with van der Waals surface area (Å²) in [7, 11) is 0. The molecule has 26 heavy (non-hydrogen) atoms. The zero-order valence-corrected chi connectivity index (χ0v) is 14.7. The molecule has 2 N–H and O–H groups in total. The topological polar surface area (TPSA) is 52.9 Å². The van der Waals surface area contributed by atoms with E-state index >= 15 is 0 Å². The first-order valence-corrected chi connectivity index (χ1v) is 9.18. The number of nitrogens with zero attached hydrogens (tertiary/aromatic N) is 1. The minimum Gasteiger partial charge on any atom is -0.493 e. The summed E-state index contributed by atoms with van der Waals surface area (Å²) in [6, 6.07) is 12.0. The van der Waals surface area contributed by atoms with Crippen LogP contribution in [0.25, 0.3) is 0 Å². The molecule has 2 aromatic carbocycles. The molecule has 1 fully saturated rings. The van der Waals surface area contributed by atoms with E-state index in [4.69, 9.17) is 4.74 Å². The van der Waals surface area contributed by atoms with Crippen LogP contribution in [0.3, 0.4) is 0 Å². The van der Waals surface area contributed by atoms with Gasteiger partial charge in [0, 0.05) is 26.1 Å². The molecule has 2 aliphatic heterocycles. The van der Waals surface area contributed by atoms with Gasteiger partial charge in [-0.15, -0.1) is 0 Å². The first-order chi connectivity index (χ1) is 12.5. The molecule has 0 radical (unpaired) electrons. The smallest absolute Gasteiger partial charge is 0.123 e. The molecule has 0 aromatic heterocycles. The Kier molecular flexibility index (Phi) is 4.69. The van der Waals surface area contributed by atoms with E-state index in [1.807, 2.05) is 18.2 Å². The van der Waals surface area contributed by atoms with Crippen LogP contribution in [0.5, 0.6) is 5.75 Å². The summed E-state index contributed by atoms with van der Waals surface area (Å²) >= 11 is 0.